The van der Waals surface area contributed by atoms with Crippen LogP contribution >= 0.6 is 11.8 Å². The van der Waals surface area contributed by atoms with E-state index in [9.17, 15) is 24.4 Å². The lowest BCUT2D eigenvalue weighted by molar-refractivity contribution is -0.152. The van der Waals surface area contributed by atoms with Crippen LogP contribution in [0, 0.1) is 25.2 Å². The van der Waals surface area contributed by atoms with Crippen molar-refractivity contribution in [2.24, 2.45) is 0 Å². The maximum atomic E-state index is 14.0. The molecule has 2 N–H and O–H groups in total. The lowest BCUT2D eigenvalue weighted by Gasteiger charge is -2.61. The largest absolute Gasteiger partial charge is 0.493 e. The number of benzene rings is 2. The van der Waals surface area contributed by atoms with Gasteiger partial charge in [-0.1, -0.05) is 6.07 Å². The highest BCUT2D eigenvalue weighted by atomic mass is 32.2. The fourth-order valence-corrected chi connectivity index (χ4v) is 10.7. The predicted molar refractivity (Wildman–Crippen MR) is 212 cm³/mol. The minimum atomic E-state index is -1.17. The minimum absolute atomic E-state index is 0.00988. The Balaban J connectivity index is 1.41. The van der Waals surface area contributed by atoms with Crippen molar-refractivity contribution in [3.8, 4) is 34.8 Å². The number of carbonyl (C=O) groups is 4. The van der Waals surface area contributed by atoms with E-state index in [-0.39, 0.29) is 37.7 Å². The molecule has 8 atom stereocenters. The number of hydrogen-bond acceptors (Lipinski definition) is 16. The van der Waals surface area contributed by atoms with Gasteiger partial charge in [-0.2, -0.15) is 5.26 Å². The quantitative estimate of drug-likeness (QED) is 0.220. The first-order chi connectivity index (χ1) is 28.0. The third kappa shape index (κ3) is 7.47. The number of nitrogens with zero attached hydrogens (tertiary/aromatic N) is 3. The first kappa shape index (κ1) is 42.2. The molecule has 17 nitrogen and oxygen atoms in total. The normalized spacial score (nSPS) is 26.2. The smallest absolute Gasteiger partial charge is 0.408 e. The van der Waals surface area contributed by atoms with Crippen molar-refractivity contribution in [2.75, 3.05) is 47.2 Å². The molecule has 7 rings (SSSR count). The van der Waals surface area contributed by atoms with E-state index in [1.807, 2.05) is 14.0 Å². The Labute approximate surface area is 347 Å². The fourth-order valence-electron chi connectivity index (χ4n) is 9.15. The molecule has 4 bridgehead atoms. The first-order valence-corrected chi connectivity index (χ1v) is 20.5. The number of carbonyl (C=O) groups excluding carboxylic acids is 4. The number of amides is 2. The molecule has 5 aliphatic heterocycles. The summed E-state index contributed by atoms with van der Waals surface area (Å²) >= 11 is 1.35. The van der Waals surface area contributed by atoms with Gasteiger partial charge in [-0.3, -0.25) is 19.4 Å². The molecule has 2 fully saturated rings. The van der Waals surface area contributed by atoms with Crippen LogP contribution in [0.4, 0.5) is 4.79 Å². The number of esters is 2. The first-order valence-electron chi connectivity index (χ1n) is 19.4. The summed E-state index contributed by atoms with van der Waals surface area (Å²) < 4.78 is 47.4. The number of likely N-dealkylation sites (N-methyl/N-ethyl adjacent to an activating group) is 1. The number of ether oxygens (including phenoxy) is 8. The number of thioether (sulfide) groups is 1. The van der Waals surface area contributed by atoms with Gasteiger partial charge in [0.15, 0.2) is 29.8 Å². The molecular formula is C41H51N5O12S. The van der Waals surface area contributed by atoms with Gasteiger partial charge in [0.2, 0.25) is 12.7 Å². The highest BCUT2D eigenvalue weighted by molar-refractivity contribution is 7.99. The average Bonchev–Trinajstić information content (AvgIpc) is 3.65. The van der Waals surface area contributed by atoms with Crippen LogP contribution < -0.4 is 34.3 Å². The molecule has 2 saturated heterocycles. The van der Waals surface area contributed by atoms with Gasteiger partial charge in [-0.15, -0.1) is 11.8 Å². The number of hydrogen-bond donors (Lipinski definition) is 2. The molecule has 5 heterocycles. The van der Waals surface area contributed by atoms with E-state index in [2.05, 4.69) is 32.6 Å². The molecule has 0 radical (unpaired) electrons. The van der Waals surface area contributed by atoms with Crippen LogP contribution in [-0.4, -0.2) is 117 Å². The summed E-state index contributed by atoms with van der Waals surface area (Å²) in [6.45, 7) is 11.3. The summed E-state index contributed by atoms with van der Waals surface area (Å²) in [4.78, 5) is 57.4. The monoisotopic (exact) mass is 837 g/mol. The van der Waals surface area contributed by atoms with Crippen molar-refractivity contribution in [3.63, 3.8) is 0 Å². The Bertz CT molecular complexity index is 2100. The summed E-state index contributed by atoms with van der Waals surface area (Å²) in [6.07, 6.45) is -0.285. The molecular weight excluding hydrogens is 787 g/mol. The maximum absolute atomic E-state index is 14.0. The van der Waals surface area contributed by atoms with Gasteiger partial charge in [0, 0.05) is 54.1 Å². The number of nitriles is 1. The summed E-state index contributed by atoms with van der Waals surface area (Å²) in [5.41, 5.74) is 3.70. The van der Waals surface area contributed by atoms with Crippen LogP contribution in [0.5, 0.6) is 28.7 Å². The van der Waals surface area contributed by atoms with Gasteiger partial charge in [0.1, 0.15) is 36.1 Å². The molecule has 2 amide bonds. The zero-order valence-electron chi connectivity index (χ0n) is 34.9. The van der Waals surface area contributed by atoms with Crippen LogP contribution in [-0.2, 0) is 35.0 Å². The van der Waals surface area contributed by atoms with E-state index >= 15 is 0 Å². The highest BCUT2D eigenvalue weighted by Crippen LogP contribution is 2.64. The number of fused-ring (bicyclic) bond motifs is 9. The highest BCUT2D eigenvalue weighted by Gasteiger charge is 2.61. The van der Waals surface area contributed by atoms with Crippen LogP contribution in [0.1, 0.15) is 85.3 Å². The molecule has 5 aliphatic rings. The van der Waals surface area contributed by atoms with Crippen molar-refractivity contribution >= 4 is 35.7 Å². The average molecular weight is 838 g/mol. The summed E-state index contributed by atoms with van der Waals surface area (Å²) in [6, 6.07) is -0.372. The topological polar surface area (TPSA) is 196 Å². The van der Waals surface area contributed by atoms with Crippen LogP contribution in [0.15, 0.2) is 6.07 Å². The number of piperazine rings is 1. The Morgan fingerprint density at radius 2 is 1.80 bits per heavy atom. The molecule has 0 spiro atoms. The summed E-state index contributed by atoms with van der Waals surface area (Å²) in [5.74, 6) is 0.272. The number of nitrogens with one attached hydrogen (secondary N) is 2. The standard InChI is InChI=1S/C41H51N5O12S/c1-18-11-22-12-24-25(13-42)46-26-14-53-39(49)23(44-38(48)20(3)43-40(50)58-41(5,6)7)15-59-37(29-28(26)36-34(55-17-56-36)19(2)33(29)57-21(4)47)31(46)30(45(24)8)27(22)35(32(18)52-10)54-16-51-9/h11,20,23-26,30-31,37H,12,14-17H2,1-10H3,(H,43,50)(H,44,48)/t20?,23-,24+,25-,26+,30+,31?,37+/m0/s1. The Morgan fingerprint density at radius 1 is 1.07 bits per heavy atom. The van der Waals surface area contributed by atoms with Gasteiger partial charge in [0.25, 0.3) is 0 Å². The molecule has 2 aromatic carbocycles. The lowest BCUT2D eigenvalue weighted by Crippen LogP contribution is -2.69. The SMILES string of the molecule is COCOc1c(OC)c(C)cc2c1[C@@H]1C3[C@@H]4SC[C@H](NC(=O)C(C)NC(=O)OC(C)(C)C)C(=O)OC[C@H](c5c6c(c(C)c(OC(C)=O)c54)OCO6)N3[C@@H](C#N)[C@@H](C2)N1C. The van der Waals surface area contributed by atoms with Crippen LogP contribution in [0.25, 0.3) is 0 Å². The van der Waals surface area contributed by atoms with Crippen LogP contribution in [0.3, 0.4) is 0 Å². The summed E-state index contributed by atoms with van der Waals surface area (Å²) in [7, 11) is 5.12. The number of alkyl carbamates (subject to hydrolysis) is 1. The Kier molecular flexibility index (Phi) is 11.6. The van der Waals surface area contributed by atoms with Crippen molar-refractivity contribution in [3.05, 3.63) is 39.4 Å². The van der Waals surface area contributed by atoms with E-state index in [0.717, 1.165) is 16.7 Å². The van der Waals surface area contributed by atoms with E-state index in [1.165, 1.54) is 25.6 Å². The van der Waals surface area contributed by atoms with Crippen molar-refractivity contribution in [1.29, 1.82) is 5.26 Å². The Morgan fingerprint density at radius 3 is 2.46 bits per heavy atom. The molecule has 59 heavy (non-hydrogen) atoms. The van der Waals surface area contributed by atoms with E-state index in [1.54, 1.807) is 41.9 Å². The van der Waals surface area contributed by atoms with Crippen molar-refractivity contribution < 1.29 is 57.1 Å². The van der Waals surface area contributed by atoms with Gasteiger partial charge in [-0.25, -0.2) is 9.59 Å². The lowest BCUT2D eigenvalue weighted by atomic mass is 9.71. The second-order valence-corrected chi connectivity index (χ2v) is 17.5. The molecule has 2 aromatic rings. The zero-order valence-corrected chi connectivity index (χ0v) is 35.7. The zero-order chi connectivity index (χ0) is 42.7. The third-order valence-electron chi connectivity index (χ3n) is 11.4. The second-order valence-electron chi connectivity index (χ2n) is 16.3. The van der Waals surface area contributed by atoms with Crippen molar-refractivity contribution in [1.82, 2.24) is 20.4 Å². The summed E-state index contributed by atoms with van der Waals surface area (Å²) in [5, 5.41) is 15.8. The maximum Gasteiger partial charge on any atom is 0.408 e. The van der Waals surface area contributed by atoms with Crippen LogP contribution in [0.2, 0.25) is 0 Å². The number of cyclic esters (lactones) is 1. The molecule has 0 aliphatic carbocycles. The number of rotatable bonds is 8. The van der Waals surface area contributed by atoms with Gasteiger partial charge >= 0.3 is 18.0 Å². The molecule has 2 unspecified atom stereocenters. The van der Waals surface area contributed by atoms with E-state index in [0.29, 0.717) is 46.1 Å². The van der Waals surface area contributed by atoms with Crippen molar-refractivity contribution in [2.45, 2.75) is 108 Å². The third-order valence-corrected chi connectivity index (χ3v) is 12.8. The van der Waals surface area contributed by atoms with E-state index < -0.39 is 71.0 Å². The number of aryl methyl sites for hydroxylation is 1. The fraction of sp³-hybridized carbons (Fsp3) is 0.585. The Hall–Kier alpha value is -4.96. The second kappa shape index (κ2) is 16.2. The van der Waals surface area contributed by atoms with E-state index in [4.69, 9.17) is 37.9 Å². The van der Waals surface area contributed by atoms with Gasteiger partial charge in [0.05, 0.1) is 30.5 Å². The molecule has 0 aromatic heterocycles. The molecule has 0 saturated carbocycles. The number of methoxy groups -OCH3 is 2. The van der Waals surface area contributed by atoms with Gasteiger partial charge < -0.3 is 48.5 Å². The minimum Gasteiger partial charge on any atom is -0.493 e. The molecule has 318 valence electrons. The molecule has 18 heteroatoms. The van der Waals surface area contributed by atoms with Gasteiger partial charge in [-0.05, 0) is 66.1 Å². The predicted octanol–water partition coefficient (Wildman–Crippen LogP) is 3.91.